The van der Waals surface area contributed by atoms with E-state index in [0.29, 0.717) is 31.9 Å². The van der Waals surface area contributed by atoms with Crippen LogP contribution in [0.25, 0.3) is 10.9 Å². The second-order valence-electron chi connectivity index (χ2n) is 6.33. The van der Waals surface area contributed by atoms with Crippen molar-refractivity contribution in [2.45, 2.75) is 17.5 Å². The van der Waals surface area contributed by atoms with Gasteiger partial charge in [-0.2, -0.15) is 0 Å². The molecule has 0 N–H and O–H groups in total. The number of benzene rings is 3. The normalized spacial score (nSPS) is 11.0. The molecule has 1 aromatic heterocycles. The van der Waals surface area contributed by atoms with Gasteiger partial charge in [-0.15, -0.1) is 4.73 Å². The van der Waals surface area contributed by atoms with Crippen LogP contribution in [0.5, 0.6) is 0 Å². The maximum absolute atomic E-state index is 13.0. The van der Waals surface area contributed by atoms with Crippen molar-refractivity contribution in [3.05, 3.63) is 104 Å². The fraction of sp³-hybridized carbons (Fsp3) is 0.0909. The number of hydrogen-bond acceptors (Lipinski definition) is 4. The van der Waals surface area contributed by atoms with E-state index in [9.17, 15) is 4.79 Å². The van der Waals surface area contributed by atoms with Crippen LogP contribution in [0.15, 0.2) is 82.7 Å². The minimum atomic E-state index is -0.233. The van der Waals surface area contributed by atoms with Crippen molar-refractivity contribution in [1.82, 2.24) is 9.71 Å². The van der Waals surface area contributed by atoms with Crippen molar-refractivity contribution < 1.29 is 4.84 Å². The quantitative estimate of drug-likeness (QED) is 0.287. The zero-order valence-electron chi connectivity index (χ0n) is 15.2. The number of aromatic nitrogens is 2. The first-order valence-electron chi connectivity index (χ1n) is 8.87. The van der Waals surface area contributed by atoms with Crippen LogP contribution in [0.2, 0.25) is 10.0 Å². The molecule has 146 valence electrons. The van der Waals surface area contributed by atoms with E-state index in [4.69, 9.17) is 28.0 Å². The molecule has 0 bridgehead atoms. The summed E-state index contributed by atoms with van der Waals surface area (Å²) in [6, 6.07) is 22.1. The van der Waals surface area contributed by atoms with Crippen molar-refractivity contribution in [1.29, 1.82) is 0 Å². The predicted octanol–water partition coefficient (Wildman–Crippen LogP) is 5.62. The summed E-state index contributed by atoms with van der Waals surface area (Å²) < 4.78 is 1.28. The fourth-order valence-electron chi connectivity index (χ4n) is 2.75. The molecule has 4 nitrogen and oxygen atoms in total. The monoisotopic (exact) mass is 442 g/mol. The zero-order chi connectivity index (χ0) is 20.2. The van der Waals surface area contributed by atoms with Crippen LogP contribution in [-0.2, 0) is 12.4 Å². The summed E-state index contributed by atoms with van der Waals surface area (Å²) in [6.07, 6.45) is 0. The first kappa shape index (κ1) is 19.8. The van der Waals surface area contributed by atoms with Crippen LogP contribution in [0.3, 0.4) is 0 Å². The summed E-state index contributed by atoms with van der Waals surface area (Å²) >= 11 is 13.3. The van der Waals surface area contributed by atoms with Crippen molar-refractivity contribution in [3.63, 3.8) is 0 Å². The number of halogens is 2. The summed E-state index contributed by atoms with van der Waals surface area (Å²) in [7, 11) is 0. The van der Waals surface area contributed by atoms with Crippen molar-refractivity contribution in [2.24, 2.45) is 0 Å². The van der Waals surface area contributed by atoms with Crippen molar-refractivity contribution in [2.75, 3.05) is 0 Å². The highest BCUT2D eigenvalue weighted by Crippen LogP contribution is 2.23. The molecule has 4 rings (SSSR count). The van der Waals surface area contributed by atoms with Crippen molar-refractivity contribution >= 4 is 45.9 Å². The van der Waals surface area contributed by atoms with Gasteiger partial charge in [0.2, 0.25) is 5.16 Å². The van der Waals surface area contributed by atoms with Gasteiger partial charge in [0.05, 0.1) is 10.9 Å². The second kappa shape index (κ2) is 8.91. The molecule has 0 saturated heterocycles. The van der Waals surface area contributed by atoms with E-state index in [1.807, 2.05) is 54.6 Å². The molecule has 7 heteroatoms. The molecule has 0 atom stereocenters. The van der Waals surface area contributed by atoms with Crippen LogP contribution in [-0.4, -0.2) is 9.71 Å². The maximum atomic E-state index is 13.0. The van der Waals surface area contributed by atoms with E-state index < -0.39 is 0 Å². The summed E-state index contributed by atoms with van der Waals surface area (Å²) in [6.45, 7) is 0.228. The average molecular weight is 443 g/mol. The van der Waals surface area contributed by atoms with E-state index in [1.54, 1.807) is 18.2 Å². The number of nitrogens with zero attached hydrogens (tertiary/aromatic N) is 2. The zero-order valence-corrected chi connectivity index (χ0v) is 17.5. The number of hydrogen-bond donors (Lipinski definition) is 0. The third-order valence-electron chi connectivity index (χ3n) is 4.26. The fourth-order valence-corrected chi connectivity index (χ4v) is 3.91. The Hall–Kier alpha value is -2.47. The molecule has 1 heterocycles. The van der Waals surface area contributed by atoms with Gasteiger partial charge in [-0.3, -0.25) is 4.79 Å². The SMILES string of the molecule is O=c1c2ccccc2nc(SCc2ccc(Cl)cc2)n1OCc1ccc(Cl)cc1. The lowest BCUT2D eigenvalue weighted by molar-refractivity contribution is 0.0682. The number of thioether (sulfide) groups is 1. The molecule has 4 aromatic rings. The lowest BCUT2D eigenvalue weighted by atomic mass is 10.2. The van der Waals surface area contributed by atoms with Gasteiger partial charge in [0.1, 0.15) is 6.61 Å². The van der Waals surface area contributed by atoms with Crippen LogP contribution >= 0.6 is 35.0 Å². The molecule has 0 unspecified atom stereocenters. The molecular formula is C22H16Cl2N2O2S. The van der Waals surface area contributed by atoms with E-state index in [0.717, 1.165) is 11.1 Å². The summed E-state index contributed by atoms with van der Waals surface area (Å²) in [5.74, 6) is 0.631. The molecule has 0 fully saturated rings. The number of para-hydroxylation sites is 1. The Bertz CT molecular complexity index is 1190. The Balaban J connectivity index is 1.65. The Morgan fingerprint density at radius 1 is 0.862 bits per heavy atom. The highest BCUT2D eigenvalue weighted by atomic mass is 35.5. The summed E-state index contributed by atoms with van der Waals surface area (Å²) in [5.41, 5.74) is 2.39. The predicted molar refractivity (Wildman–Crippen MR) is 119 cm³/mol. The molecular weight excluding hydrogens is 427 g/mol. The van der Waals surface area contributed by atoms with E-state index >= 15 is 0 Å². The molecule has 0 spiro atoms. The van der Waals surface area contributed by atoms with Crippen LogP contribution in [0.4, 0.5) is 0 Å². The third-order valence-corrected chi connectivity index (χ3v) is 5.76. The van der Waals surface area contributed by atoms with E-state index in [2.05, 4.69) is 4.98 Å². The van der Waals surface area contributed by atoms with Gasteiger partial charge in [0.25, 0.3) is 5.56 Å². The highest BCUT2D eigenvalue weighted by molar-refractivity contribution is 7.98. The van der Waals surface area contributed by atoms with Gasteiger partial charge in [0.15, 0.2) is 0 Å². The van der Waals surface area contributed by atoms with E-state index in [-0.39, 0.29) is 12.2 Å². The Morgan fingerprint density at radius 3 is 2.17 bits per heavy atom. The summed E-state index contributed by atoms with van der Waals surface area (Å²) in [5, 5.41) is 2.35. The molecule has 0 saturated carbocycles. The first-order chi connectivity index (χ1) is 14.1. The number of fused-ring (bicyclic) bond motifs is 1. The van der Waals surface area contributed by atoms with Gasteiger partial charge < -0.3 is 4.84 Å². The van der Waals surface area contributed by atoms with Gasteiger partial charge >= 0.3 is 0 Å². The van der Waals surface area contributed by atoms with Crippen molar-refractivity contribution in [3.8, 4) is 0 Å². The largest absolute Gasteiger partial charge is 0.403 e. The van der Waals surface area contributed by atoms with Crippen LogP contribution in [0.1, 0.15) is 11.1 Å². The highest BCUT2D eigenvalue weighted by Gasteiger charge is 2.13. The molecule has 0 aliphatic rings. The van der Waals surface area contributed by atoms with Crippen LogP contribution in [0, 0.1) is 0 Å². The maximum Gasteiger partial charge on any atom is 0.295 e. The Kier molecular flexibility index (Phi) is 6.09. The lowest BCUT2D eigenvalue weighted by Gasteiger charge is -2.14. The van der Waals surface area contributed by atoms with Gasteiger partial charge in [-0.25, -0.2) is 4.98 Å². The van der Waals surface area contributed by atoms with Gasteiger partial charge in [0, 0.05) is 15.8 Å². The molecule has 29 heavy (non-hydrogen) atoms. The minimum absolute atomic E-state index is 0.228. The topological polar surface area (TPSA) is 44.1 Å². The minimum Gasteiger partial charge on any atom is -0.403 e. The van der Waals surface area contributed by atoms with Gasteiger partial charge in [-0.05, 0) is 47.5 Å². The molecule has 0 amide bonds. The summed E-state index contributed by atoms with van der Waals surface area (Å²) in [4.78, 5) is 23.5. The molecule has 0 radical (unpaired) electrons. The van der Waals surface area contributed by atoms with Gasteiger partial charge in [-0.1, -0.05) is 71.4 Å². The van der Waals surface area contributed by atoms with Crippen LogP contribution < -0.4 is 10.4 Å². The molecule has 0 aliphatic heterocycles. The van der Waals surface area contributed by atoms with E-state index in [1.165, 1.54) is 16.5 Å². The Labute approximate surface area is 182 Å². The lowest BCUT2D eigenvalue weighted by Crippen LogP contribution is -2.29. The Morgan fingerprint density at radius 2 is 1.48 bits per heavy atom. The second-order valence-corrected chi connectivity index (χ2v) is 8.14. The average Bonchev–Trinajstić information content (AvgIpc) is 2.74. The smallest absolute Gasteiger partial charge is 0.295 e. The first-order valence-corrected chi connectivity index (χ1v) is 10.6. The number of rotatable bonds is 6. The molecule has 0 aliphatic carbocycles. The third kappa shape index (κ3) is 4.75. The molecule has 3 aromatic carbocycles. The standard InChI is InChI=1S/C22H16Cl2N2O2S/c23-17-9-5-15(6-10-17)13-28-26-21(27)19-3-1-2-4-20(19)25-22(26)29-14-16-7-11-18(24)12-8-16/h1-12H,13-14H2.